The number of imidazole rings is 1. The molecule has 8 nitrogen and oxygen atoms in total. The number of carbonyl (C=O) groups is 3. The normalized spacial score (nSPS) is 16.4. The third-order valence-corrected chi connectivity index (χ3v) is 5.07. The van der Waals surface area contributed by atoms with Crippen molar-refractivity contribution in [1.29, 1.82) is 0 Å². The highest BCUT2D eigenvalue weighted by atomic mass is 16.2. The fourth-order valence-electron chi connectivity index (χ4n) is 3.58. The Bertz CT molecular complexity index is 905. The molecule has 0 spiro atoms. The number of nitrogens with one attached hydrogen (secondary N) is 1. The Morgan fingerprint density at radius 3 is 2.72 bits per heavy atom. The molecule has 0 radical (unpaired) electrons. The van der Waals surface area contributed by atoms with Gasteiger partial charge in [-0.2, -0.15) is 0 Å². The van der Waals surface area contributed by atoms with Crippen LogP contribution in [0.15, 0.2) is 36.8 Å². The van der Waals surface area contributed by atoms with Gasteiger partial charge in [0.05, 0.1) is 35.7 Å². The van der Waals surface area contributed by atoms with E-state index >= 15 is 0 Å². The molecule has 1 saturated heterocycles. The molecular weight excluding hydrogens is 370 g/mol. The summed E-state index contributed by atoms with van der Waals surface area (Å²) >= 11 is 0. The predicted molar refractivity (Wildman–Crippen MR) is 108 cm³/mol. The molecule has 29 heavy (non-hydrogen) atoms. The van der Waals surface area contributed by atoms with E-state index in [9.17, 15) is 14.4 Å². The molecular formula is C21H27N5O3. The second-order valence-electron chi connectivity index (χ2n) is 7.52. The lowest BCUT2D eigenvalue weighted by Gasteiger charge is -2.33. The maximum atomic E-state index is 13.3. The Labute approximate surface area is 170 Å². The number of piperidine rings is 1. The number of carbonyl (C=O) groups excluding carboxylic acids is 3. The summed E-state index contributed by atoms with van der Waals surface area (Å²) in [5, 5.41) is 2.71. The van der Waals surface area contributed by atoms with Gasteiger partial charge in [0, 0.05) is 40.3 Å². The largest absolute Gasteiger partial charge is 0.351 e. The predicted octanol–water partition coefficient (Wildman–Crippen LogP) is 1.45. The maximum absolute atomic E-state index is 13.3. The van der Waals surface area contributed by atoms with E-state index < -0.39 is 0 Å². The molecule has 2 aromatic rings. The first-order chi connectivity index (χ1) is 13.9. The highest BCUT2D eigenvalue weighted by molar-refractivity contribution is 5.98. The molecule has 3 rings (SSSR count). The van der Waals surface area contributed by atoms with Crippen LogP contribution in [0, 0.1) is 5.92 Å². The van der Waals surface area contributed by atoms with Crippen molar-refractivity contribution in [3.63, 3.8) is 0 Å². The van der Waals surface area contributed by atoms with E-state index in [1.807, 2.05) is 18.2 Å². The van der Waals surface area contributed by atoms with Gasteiger partial charge in [-0.1, -0.05) is 12.1 Å². The van der Waals surface area contributed by atoms with Crippen molar-refractivity contribution < 1.29 is 14.4 Å². The van der Waals surface area contributed by atoms with Crippen LogP contribution >= 0.6 is 0 Å². The Hall–Kier alpha value is -3.16. The van der Waals surface area contributed by atoms with Crippen LogP contribution in [0.4, 0.5) is 0 Å². The average molecular weight is 397 g/mol. The molecule has 0 bridgehead atoms. The van der Waals surface area contributed by atoms with Crippen molar-refractivity contribution in [2.24, 2.45) is 5.92 Å². The summed E-state index contributed by atoms with van der Waals surface area (Å²) in [6.45, 7) is 2.86. The average Bonchev–Trinajstić information content (AvgIpc) is 3.20. The summed E-state index contributed by atoms with van der Waals surface area (Å²) in [4.78, 5) is 44.4. The SMILES string of the molecule is CC(=O)NCc1cn(-c2ccccc2C(=O)N2CCC[C@H](C(=O)N(C)C)C2)cn1. The Morgan fingerprint density at radius 2 is 2.00 bits per heavy atom. The zero-order valence-electron chi connectivity index (χ0n) is 17.1. The number of benzene rings is 1. The molecule has 0 saturated carbocycles. The topological polar surface area (TPSA) is 87.5 Å². The van der Waals surface area contributed by atoms with Gasteiger partial charge in [0.2, 0.25) is 11.8 Å². The lowest BCUT2D eigenvalue weighted by Crippen LogP contribution is -2.45. The van der Waals surface area contributed by atoms with Crippen LogP contribution in [-0.2, 0) is 16.1 Å². The third kappa shape index (κ3) is 4.82. The van der Waals surface area contributed by atoms with Gasteiger partial charge in [-0.05, 0) is 25.0 Å². The van der Waals surface area contributed by atoms with Crippen LogP contribution in [0.1, 0.15) is 35.8 Å². The standard InChI is InChI=1S/C21H27N5O3/c1-15(27)22-11-17-13-26(14-23-17)19-9-5-4-8-18(19)21(29)25-10-6-7-16(12-25)20(28)24(2)3/h4-5,8-9,13-14,16H,6-7,10-12H2,1-3H3,(H,22,27)/t16-/m0/s1. The first kappa shape index (κ1) is 20.6. The van der Waals surface area contributed by atoms with Crippen LogP contribution in [0.5, 0.6) is 0 Å². The maximum Gasteiger partial charge on any atom is 0.256 e. The molecule has 1 aliphatic heterocycles. The second kappa shape index (κ2) is 8.89. The summed E-state index contributed by atoms with van der Waals surface area (Å²) in [5.74, 6) is -0.309. The molecule has 1 N–H and O–H groups in total. The number of rotatable bonds is 5. The van der Waals surface area contributed by atoms with Crippen LogP contribution in [-0.4, -0.2) is 64.3 Å². The minimum atomic E-state index is -0.160. The highest BCUT2D eigenvalue weighted by Crippen LogP contribution is 2.23. The van der Waals surface area contributed by atoms with Gasteiger partial charge in [-0.15, -0.1) is 0 Å². The van der Waals surface area contributed by atoms with Crippen molar-refractivity contribution >= 4 is 17.7 Å². The fraction of sp³-hybridized carbons (Fsp3) is 0.429. The Morgan fingerprint density at radius 1 is 1.24 bits per heavy atom. The van der Waals surface area contributed by atoms with E-state index in [-0.39, 0.29) is 23.6 Å². The molecule has 1 aromatic heterocycles. The zero-order chi connectivity index (χ0) is 21.0. The van der Waals surface area contributed by atoms with Gasteiger partial charge >= 0.3 is 0 Å². The Balaban J connectivity index is 1.80. The molecule has 0 unspecified atom stereocenters. The first-order valence-electron chi connectivity index (χ1n) is 9.74. The molecule has 2 heterocycles. The fourth-order valence-corrected chi connectivity index (χ4v) is 3.58. The number of likely N-dealkylation sites (tertiary alicyclic amines) is 1. The zero-order valence-corrected chi connectivity index (χ0v) is 17.1. The minimum Gasteiger partial charge on any atom is -0.351 e. The van der Waals surface area contributed by atoms with Gasteiger partial charge < -0.3 is 19.7 Å². The number of hydrogen-bond donors (Lipinski definition) is 1. The van der Waals surface area contributed by atoms with Crippen LogP contribution in [0.2, 0.25) is 0 Å². The number of nitrogens with zero attached hydrogens (tertiary/aromatic N) is 4. The molecule has 0 aliphatic carbocycles. The molecule has 1 aromatic carbocycles. The van der Waals surface area contributed by atoms with Crippen LogP contribution in [0.3, 0.4) is 0 Å². The number of aromatic nitrogens is 2. The second-order valence-corrected chi connectivity index (χ2v) is 7.52. The van der Waals surface area contributed by atoms with Gasteiger partial charge in [-0.25, -0.2) is 4.98 Å². The van der Waals surface area contributed by atoms with Crippen molar-refractivity contribution in [3.05, 3.63) is 48.0 Å². The van der Waals surface area contributed by atoms with Crippen LogP contribution in [0.25, 0.3) is 5.69 Å². The molecule has 1 aliphatic rings. The van der Waals surface area contributed by atoms with Crippen molar-refractivity contribution in [1.82, 2.24) is 24.7 Å². The quantitative estimate of drug-likeness (QED) is 0.827. The summed E-state index contributed by atoms with van der Waals surface area (Å²) in [6, 6.07) is 7.36. The molecule has 8 heteroatoms. The van der Waals surface area contributed by atoms with Gasteiger partial charge in [0.25, 0.3) is 5.91 Å². The molecule has 3 amide bonds. The third-order valence-electron chi connectivity index (χ3n) is 5.07. The number of hydrogen-bond acceptors (Lipinski definition) is 4. The van der Waals surface area contributed by atoms with E-state index in [1.54, 1.807) is 47.1 Å². The van der Waals surface area contributed by atoms with Gasteiger partial charge in [0.15, 0.2) is 0 Å². The minimum absolute atomic E-state index is 0.0630. The first-order valence-corrected chi connectivity index (χ1v) is 9.74. The lowest BCUT2D eigenvalue weighted by atomic mass is 9.96. The number of para-hydroxylation sites is 1. The highest BCUT2D eigenvalue weighted by Gasteiger charge is 2.30. The van der Waals surface area contributed by atoms with E-state index in [1.165, 1.54) is 6.92 Å². The van der Waals surface area contributed by atoms with E-state index in [2.05, 4.69) is 10.3 Å². The summed E-state index contributed by atoms with van der Waals surface area (Å²) in [5.41, 5.74) is 1.99. The summed E-state index contributed by atoms with van der Waals surface area (Å²) in [6.07, 6.45) is 5.05. The number of amides is 3. The molecule has 154 valence electrons. The van der Waals surface area contributed by atoms with Crippen molar-refractivity contribution in [3.8, 4) is 5.69 Å². The molecule has 1 fully saturated rings. The summed E-state index contributed by atoms with van der Waals surface area (Å²) < 4.78 is 1.79. The monoisotopic (exact) mass is 397 g/mol. The van der Waals surface area contributed by atoms with Crippen LogP contribution < -0.4 is 5.32 Å². The van der Waals surface area contributed by atoms with E-state index in [4.69, 9.17) is 0 Å². The van der Waals surface area contributed by atoms with Gasteiger partial charge in [0.1, 0.15) is 0 Å². The lowest BCUT2D eigenvalue weighted by molar-refractivity contribution is -0.134. The smallest absolute Gasteiger partial charge is 0.256 e. The van der Waals surface area contributed by atoms with Crippen molar-refractivity contribution in [2.45, 2.75) is 26.3 Å². The van der Waals surface area contributed by atoms with Gasteiger partial charge in [-0.3, -0.25) is 14.4 Å². The van der Waals surface area contributed by atoms with E-state index in [0.717, 1.165) is 18.5 Å². The molecule has 1 atom stereocenters. The van der Waals surface area contributed by atoms with E-state index in [0.29, 0.717) is 30.9 Å². The van der Waals surface area contributed by atoms with Crippen molar-refractivity contribution in [2.75, 3.05) is 27.2 Å². The summed E-state index contributed by atoms with van der Waals surface area (Å²) in [7, 11) is 3.49. The Kier molecular flexibility index (Phi) is 6.31.